The molecular formula is C78H92I2N14O18S4. The highest BCUT2D eigenvalue weighted by molar-refractivity contribution is 14.1. The normalized spacial score (nSPS) is 12.6. The summed E-state index contributed by atoms with van der Waals surface area (Å²) < 4.78 is 172. The molecule has 2 atom stereocenters. The molecule has 32 nitrogen and oxygen atoms in total. The number of ether oxygens (including phenoxy) is 8. The molecule has 0 fully saturated rings. The fourth-order valence-corrected chi connectivity index (χ4v) is 20.5. The Kier molecular flexibility index (Phi) is 30.8. The van der Waals surface area contributed by atoms with Gasteiger partial charge in [0.25, 0.3) is 0 Å². The van der Waals surface area contributed by atoms with Crippen molar-refractivity contribution in [3.63, 3.8) is 0 Å². The van der Waals surface area contributed by atoms with Gasteiger partial charge in [-0.15, -0.1) is 15.3 Å². The summed E-state index contributed by atoms with van der Waals surface area (Å²) in [5.74, 6) is 3.51. The van der Waals surface area contributed by atoms with Crippen LogP contribution < -0.4 is 48.5 Å². The van der Waals surface area contributed by atoms with Crippen molar-refractivity contribution in [2.75, 3.05) is 55.7 Å². The largest absolute Gasteiger partial charge is 0.497 e. The molecule has 0 spiro atoms. The van der Waals surface area contributed by atoms with Gasteiger partial charge in [-0.1, -0.05) is 72.8 Å². The van der Waals surface area contributed by atoms with Crippen LogP contribution in [0.1, 0.15) is 88.8 Å². The molecule has 8 aromatic carbocycles. The number of halogens is 2. The minimum Gasteiger partial charge on any atom is -0.497 e. The molecule has 0 saturated carbocycles. The molecule has 2 amide bonds. The van der Waals surface area contributed by atoms with Gasteiger partial charge in [0.15, 0.2) is 5.82 Å². The van der Waals surface area contributed by atoms with Crippen molar-refractivity contribution in [2.45, 2.75) is 138 Å². The third-order valence-corrected chi connectivity index (χ3v) is 26.1. The number of hydrogen-bond donors (Lipinski definition) is 4. The molecule has 620 valence electrons. The number of sulfonamides is 4. The smallest absolute Gasteiger partial charge is 0.407 e. The summed E-state index contributed by atoms with van der Waals surface area (Å²) in [6.45, 7) is 12.7. The van der Waals surface area contributed by atoms with Crippen molar-refractivity contribution >= 4 is 97.5 Å². The summed E-state index contributed by atoms with van der Waals surface area (Å²) in [6, 6.07) is 45.6. The first-order chi connectivity index (χ1) is 54.8. The van der Waals surface area contributed by atoms with Crippen molar-refractivity contribution in [2.24, 2.45) is 0 Å². The number of alkyl carbamates (subject to hydrolysis) is 2. The lowest BCUT2D eigenvalue weighted by Crippen LogP contribution is -2.43. The fraction of sp³-hybridized carbons (Fsp3) is 0.333. The fourth-order valence-electron chi connectivity index (χ4n) is 11.4. The molecule has 0 unspecified atom stereocenters. The summed E-state index contributed by atoms with van der Waals surface area (Å²) in [7, 11) is -9.56. The van der Waals surface area contributed by atoms with E-state index in [0.29, 0.717) is 63.9 Å². The van der Waals surface area contributed by atoms with Gasteiger partial charge in [0, 0.05) is 58.5 Å². The highest BCUT2D eigenvalue weighted by atomic mass is 127. The zero-order valence-corrected chi connectivity index (χ0v) is 73.8. The highest BCUT2D eigenvalue weighted by Gasteiger charge is 2.41. The van der Waals surface area contributed by atoms with Crippen LogP contribution in [0.15, 0.2) is 189 Å². The summed E-state index contributed by atoms with van der Waals surface area (Å²) >= 11 is 3.90. The summed E-state index contributed by atoms with van der Waals surface area (Å²) in [6.07, 6.45) is -1.48. The number of methoxy groups -OCH3 is 6. The number of benzene rings is 8. The molecule has 116 heavy (non-hydrogen) atoms. The first-order valence-electron chi connectivity index (χ1n) is 35.8. The number of aromatic nitrogens is 8. The molecule has 0 saturated heterocycles. The Morgan fingerprint density at radius 3 is 1.06 bits per heavy atom. The monoisotopic (exact) mass is 1890 g/mol. The lowest BCUT2D eigenvalue weighted by atomic mass is 10.2. The summed E-state index contributed by atoms with van der Waals surface area (Å²) in [4.78, 5) is 23.9. The first-order valence-corrected chi connectivity index (χ1v) is 43.8. The number of carbonyl (C=O) groups excluding carboxylic acids is 2. The average Bonchev–Trinajstić information content (AvgIpc) is 1.15. The van der Waals surface area contributed by atoms with Crippen molar-refractivity contribution in [1.29, 1.82) is 0 Å². The molecule has 0 aliphatic heterocycles. The molecule has 10 rings (SSSR count). The number of amides is 2. The van der Waals surface area contributed by atoms with Crippen LogP contribution in [-0.4, -0.2) is 174 Å². The molecule has 0 aliphatic carbocycles. The van der Waals surface area contributed by atoms with E-state index in [2.05, 4.69) is 51.0 Å². The molecule has 4 N–H and O–H groups in total. The van der Waals surface area contributed by atoms with Crippen molar-refractivity contribution in [1.82, 2.24) is 69.1 Å². The zero-order chi connectivity index (χ0) is 84.5. The zero-order valence-electron chi connectivity index (χ0n) is 66.2. The Balaban J connectivity index is 0.000000265. The van der Waals surface area contributed by atoms with E-state index in [4.69, 9.17) is 37.9 Å². The van der Waals surface area contributed by atoms with Gasteiger partial charge in [0.1, 0.15) is 65.3 Å². The molecule has 10 aromatic rings. The van der Waals surface area contributed by atoms with E-state index >= 15 is 16.8 Å². The standard InChI is InChI=1S/2C39H46IN7O9S2/c1-26(22-41-38(48)56-39(2,3)4)44-57(49,50)34-21-20-33(40)35(37-42-45-47(43-37)25-29-12-18-32(55-7)19-13-29)36(34)58(51,52)46(23-27-8-14-30(53-5)15-9-27)24-28-10-16-31(54-6)17-11-28;1-26(22-41-38(48)56-39(2,3)4)43-57(49,50)34-21-20-33(40)35(37-42-44-45-47(37)25-29-12-18-32(55-7)19-13-29)36(34)58(51,52)46(23-27-8-14-30(53-5)15-9-27)24-28-10-16-31(54-6)17-11-28/h8-21,26,44H,22-25H2,1-7H3,(H,41,48);8-21,26,43H,22-25H2,1-7H3,(H,41,48)/t2*26-/m11/s1. The SMILES string of the molecule is COc1ccc(CN(Cc2ccc(OC)cc2)S(=O)(=O)c2c(S(=O)(=O)N[C@H](C)CNC(=O)OC(C)(C)C)ccc(I)c2-c2nnn(Cc3ccc(OC)cc3)n2)cc1.COc1ccc(CN(Cc2ccc(OC)cc2)S(=O)(=O)c2c(S(=O)(=O)N[C@H](C)CNC(=O)OC(C)(C)C)ccc(I)c2-c2nnnn2Cc2ccc(OC)cc2)cc1. The second kappa shape index (κ2) is 39.5. The summed E-state index contributed by atoms with van der Waals surface area (Å²) in [5.41, 5.74) is 2.39. The van der Waals surface area contributed by atoms with Gasteiger partial charge in [-0.25, -0.2) is 57.4 Å². The molecule has 0 aliphatic rings. The van der Waals surface area contributed by atoms with Gasteiger partial charge >= 0.3 is 12.2 Å². The maximum absolute atomic E-state index is 15.5. The molecule has 38 heteroatoms. The van der Waals surface area contributed by atoms with Crippen molar-refractivity contribution in [3.05, 3.63) is 210 Å². The van der Waals surface area contributed by atoms with E-state index in [1.807, 2.05) is 69.4 Å². The van der Waals surface area contributed by atoms with Crippen LogP contribution in [0.5, 0.6) is 34.5 Å². The second-order valence-electron chi connectivity index (χ2n) is 28.2. The van der Waals surface area contributed by atoms with Crippen LogP contribution in [0, 0.1) is 7.14 Å². The number of tetrazole rings is 2. The van der Waals surface area contributed by atoms with E-state index in [0.717, 1.165) is 11.1 Å². The number of carbonyl (C=O) groups is 2. The third kappa shape index (κ3) is 24.5. The van der Waals surface area contributed by atoms with Gasteiger partial charge in [0.05, 0.1) is 66.9 Å². The van der Waals surface area contributed by atoms with Gasteiger partial charge in [-0.05, 0) is 247 Å². The Bertz CT molecular complexity index is 5390. The Labute approximate surface area is 703 Å². The van der Waals surface area contributed by atoms with Crippen LogP contribution in [0.4, 0.5) is 9.59 Å². The van der Waals surface area contributed by atoms with Gasteiger partial charge in [-0.2, -0.15) is 13.4 Å². The Hall–Kier alpha value is -9.66. The average molecular weight is 1900 g/mol. The van der Waals surface area contributed by atoms with Crippen LogP contribution in [-0.2, 0) is 88.8 Å². The molecule has 2 heterocycles. The molecular weight excluding hydrogens is 1800 g/mol. The predicted octanol–water partition coefficient (Wildman–Crippen LogP) is 11.2. The van der Waals surface area contributed by atoms with E-state index in [9.17, 15) is 26.4 Å². The quantitative estimate of drug-likeness (QED) is 0.0272. The third-order valence-electron chi connectivity index (χ3n) is 17.0. The number of rotatable bonds is 34. The minimum atomic E-state index is -4.77. The highest BCUT2D eigenvalue weighted by Crippen LogP contribution is 2.41. The van der Waals surface area contributed by atoms with Crippen LogP contribution in [0.3, 0.4) is 0 Å². The van der Waals surface area contributed by atoms with E-state index in [1.165, 1.54) is 84.6 Å². The maximum atomic E-state index is 15.5. The maximum Gasteiger partial charge on any atom is 0.407 e. The van der Waals surface area contributed by atoms with E-state index < -0.39 is 95.1 Å². The Morgan fingerprint density at radius 2 is 0.733 bits per heavy atom. The first kappa shape index (κ1) is 90.3. The van der Waals surface area contributed by atoms with Crippen LogP contribution in [0.25, 0.3) is 22.8 Å². The lowest BCUT2D eigenvalue weighted by molar-refractivity contribution is 0.0513. The molecule has 0 bridgehead atoms. The van der Waals surface area contributed by atoms with E-state index in [1.54, 1.807) is 177 Å². The van der Waals surface area contributed by atoms with E-state index in [-0.39, 0.29) is 75.1 Å². The molecule has 2 aromatic heterocycles. The lowest BCUT2D eigenvalue weighted by Gasteiger charge is -2.26. The van der Waals surface area contributed by atoms with Crippen molar-refractivity contribution in [3.8, 4) is 57.3 Å². The predicted molar refractivity (Wildman–Crippen MR) is 449 cm³/mol. The summed E-state index contributed by atoms with van der Waals surface area (Å²) in [5, 5.41) is 30.5. The second-order valence-corrected chi connectivity index (χ2v) is 37.7. The van der Waals surface area contributed by atoms with Gasteiger partial charge < -0.3 is 48.5 Å². The molecule has 0 radical (unpaired) electrons. The van der Waals surface area contributed by atoms with Gasteiger partial charge in [-0.3, -0.25) is 0 Å². The topological polar surface area (TPSA) is 386 Å². The van der Waals surface area contributed by atoms with Crippen LogP contribution in [0.2, 0.25) is 0 Å². The van der Waals surface area contributed by atoms with Gasteiger partial charge in [0.2, 0.25) is 45.9 Å². The minimum absolute atomic E-state index is 0.0176. The van der Waals surface area contributed by atoms with Crippen LogP contribution >= 0.6 is 45.2 Å². The number of nitrogens with one attached hydrogen (secondary N) is 4. The number of nitrogens with zero attached hydrogens (tertiary/aromatic N) is 10. The number of hydrogen-bond acceptors (Lipinski definition) is 24. The van der Waals surface area contributed by atoms with Crippen molar-refractivity contribution < 1.29 is 81.2 Å². The Morgan fingerprint density at radius 1 is 0.422 bits per heavy atom.